The third kappa shape index (κ3) is 3.67. The van der Waals surface area contributed by atoms with E-state index < -0.39 is 10.0 Å². The van der Waals surface area contributed by atoms with E-state index in [2.05, 4.69) is 4.90 Å². The first-order valence-corrected chi connectivity index (χ1v) is 12.2. The minimum Gasteiger partial charge on any atom is -0.454 e. The Kier molecular flexibility index (Phi) is 5.23. The molecule has 0 bridgehead atoms. The monoisotopic (exact) mass is 447 g/mol. The molecule has 0 aliphatic carbocycles. The van der Waals surface area contributed by atoms with Gasteiger partial charge >= 0.3 is 0 Å². The highest BCUT2D eigenvalue weighted by Gasteiger charge is 2.35. The summed E-state index contributed by atoms with van der Waals surface area (Å²) in [5.74, 6) is 2.27. The van der Waals surface area contributed by atoms with Crippen molar-refractivity contribution in [2.24, 2.45) is 4.99 Å². The summed E-state index contributed by atoms with van der Waals surface area (Å²) in [6.45, 7) is 5.33. The first-order valence-electron chi connectivity index (χ1n) is 10.7. The normalized spacial score (nSPS) is 18.8. The minimum absolute atomic E-state index is 0.205. The molecule has 0 amide bonds. The molecule has 3 aromatic carbocycles. The van der Waals surface area contributed by atoms with Crippen LogP contribution in [0.2, 0.25) is 0 Å². The summed E-state index contributed by atoms with van der Waals surface area (Å²) in [6.07, 6.45) is 0. The Morgan fingerprint density at radius 3 is 2.47 bits per heavy atom. The predicted octanol–water partition coefficient (Wildman–Crippen LogP) is 4.57. The number of ether oxygens (including phenoxy) is 1. The second kappa shape index (κ2) is 8.07. The molecule has 32 heavy (non-hydrogen) atoms. The number of hydrogen-bond donors (Lipinski definition) is 0. The molecule has 5 rings (SSSR count). The van der Waals surface area contributed by atoms with Gasteiger partial charge in [-0.1, -0.05) is 36.4 Å². The molecule has 1 unspecified atom stereocenters. The van der Waals surface area contributed by atoms with Crippen molar-refractivity contribution in [3.8, 4) is 11.5 Å². The lowest BCUT2D eigenvalue weighted by atomic mass is 10.1. The fourth-order valence-electron chi connectivity index (χ4n) is 4.31. The van der Waals surface area contributed by atoms with Crippen molar-refractivity contribution in [2.75, 3.05) is 19.6 Å². The van der Waals surface area contributed by atoms with Gasteiger partial charge in [0, 0.05) is 25.7 Å². The smallest absolute Gasteiger partial charge is 0.243 e. The van der Waals surface area contributed by atoms with Crippen molar-refractivity contribution < 1.29 is 13.2 Å². The number of rotatable bonds is 2. The summed E-state index contributed by atoms with van der Waals surface area (Å²) in [4.78, 5) is 7.45. The maximum atomic E-state index is 13.3. The Bertz CT molecular complexity index is 1300. The number of aliphatic imine (C=N–C) groups is 1. The van der Waals surface area contributed by atoms with Crippen LogP contribution >= 0.6 is 0 Å². The lowest BCUT2D eigenvalue weighted by Crippen LogP contribution is -2.55. The van der Waals surface area contributed by atoms with Crippen molar-refractivity contribution >= 4 is 21.5 Å². The average molecular weight is 448 g/mol. The maximum Gasteiger partial charge on any atom is 0.243 e. The van der Waals surface area contributed by atoms with E-state index in [4.69, 9.17) is 9.73 Å². The molecule has 3 aromatic rings. The van der Waals surface area contributed by atoms with Crippen LogP contribution in [0.3, 0.4) is 0 Å². The van der Waals surface area contributed by atoms with Gasteiger partial charge in [-0.25, -0.2) is 13.4 Å². The Balaban J connectivity index is 1.47. The molecular formula is C25H25N3O3S. The fraction of sp³-hybridized carbons (Fsp3) is 0.240. The van der Waals surface area contributed by atoms with E-state index in [9.17, 15) is 8.42 Å². The van der Waals surface area contributed by atoms with Gasteiger partial charge in [-0.3, -0.25) is 0 Å². The summed E-state index contributed by atoms with van der Waals surface area (Å²) < 4.78 is 34.4. The van der Waals surface area contributed by atoms with Crippen LogP contribution in [0, 0.1) is 6.92 Å². The summed E-state index contributed by atoms with van der Waals surface area (Å²) >= 11 is 0. The zero-order valence-corrected chi connectivity index (χ0v) is 18.9. The van der Waals surface area contributed by atoms with E-state index in [0.717, 1.165) is 28.4 Å². The molecule has 0 aromatic heterocycles. The van der Waals surface area contributed by atoms with Crippen LogP contribution in [-0.2, 0) is 10.0 Å². The highest BCUT2D eigenvalue weighted by Crippen LogP contribution is 2.38. The van der Waals surface area contributed by atoms with E-state index in [0.29, 0.717) is 30.3 Å². The molecular weight excluding hydrogens is 422 g/mol. The van der Waals surface area contributed by atoms with Crippen LogP contribution in [-0.4, -0.2) is 49.1 Å². The van der Waals surface area contributed by atoms with Crippen molar-refractivity contribution in [1.82, 2.24) is 9.21 Å². The number of hydrogen-bond acceptors (Lipinski definition) is 5. The second-order valence-corrected chi connectivity index (χ2v) is 10.1. The molecule has 2 aliphatic rings. The van der Waals surface area contributed by atoms with E-state index in [-0.39, 0.29) is 6.04 Å². The number of nitrogens with zero attached hydrogens (tertiary/aromatic N) is 3. The molecule has 1 fully saturated rings. The first kappa shape index (κ1) is 20.7. The quantitative estimate of drug-likeness (QED) is 0.577. The topological polar surface area (TPSA) is 62.2 Å². The Hall–Kier alpha value is -3.16. The standard InChI is InChI=1S/C25H25N3O3S/c1-18-8-7-9-20(16-18)32(29,30)28-15-14-27(17-19(28)2)25-21-10-3-5-12-23(21)31-24-13-6-4-11-22(24)26-25/h3-13,16,19H,14-15,17H2,1-2H3. The highest BCUT2D eigenvalue weighted by atomic mass is 32.2. The molecule has 1 saturated heterocycles. The van der Waals surface area contributed by atoms with E-state index in [1.807, 2.05) is 68.4 Å². The second-order valence-electron chi connectivity index (χ2n) is 8.23. The van der Waals surface area contributed by atoms with Crippen LogP contribution in [0.25, 0.3) is 0 Å². The molecule has 6 nitrogen and oxygen atoms in total. The summed E-state index contributed by atoms with van der Waals surface area (Å²) in [6, 6.07) is 22.5. The summed E-state index contributed by atoms with van der Waals surface area (Å²) in [5, 5.41) is 0. The Morgan fingerprint density at radius 1 is 0.938 bits per heavy atom. The minimum atomic E-state index is -3.56. The van der Waals surface area contributed by atoms with Crippen LogP contribution in [0.15, 0.2) is 82.7 Å². The number of aryl methyl sites for hydroxylation is 1. The number of amidine groups is 1. The van der Waals surface area contributed by atoms with E-state index in [1.54, 1.807) is 22.5 Å². The van der Waals surface area contributed by atoms with Gasteiger partial charge in [-0.15, -0.1) is 0 Å². The maximum absolute atomic E-state index is 13.3. The zero-order valence-electron chi connectivity index (χ0n) is 18.1. The van der Waals surface area contributed by atoms with Crippen LogP contribution in [0.1, 0.15) is 18.1 Å². The summed E-state index contributed by atoms with van der Waals surface area (Å²) in [5.41, 5.74) is 2.60. The Labute approximate surface area is 188 Å². The van der Waals surface area contributed by atoms with Crippen LogP contribution in [0.4, 0.5) is 5.69 Å². The number of piperazine rings is 1. The predicted molar refractivity (Wildman–Crippen MR) is 125 cm³/mol. The highest BCUT2D eigenvalue weighted by molar-refractivity contribution is 7.89. The summed E-state index contributed by atoms with van der Waals surface area (Å²) in [7, 11) is -3.56. The molecule has 0 N–H and O–H groups in total. The zero-order chi connectivity index (χ0) is 22.3. The molecule has 0 spiro atoms. The molecule has 0 saturated carbocycles. The van der Waals surface area contributed by atoms with E-state index >= 15 is 0 Å². The number of benzene rings is 3. The van der Waals surface area contributed by atoms with Gasteiger partial charge in [0.05, 0.1) is 10.5 Å². The molecule has 2 aliphatic heterocycles. The molecule has 7 heteroatoms. The fourth-order valence-corrected chi connectivity index (χ4v) is 6.03. The molecule has 0 radical (unpaired) electrons. The van der Waals surface area contributed by atoms with Crippen LogP contribution in [0.5, 0.6) is 11.5 Å². The molecule has 1 atom stereocenters. The number of fused-ring (bicyclic) bond motifs is 2. The Morgan fingerprint density at radius 2 is 1.69 bits per heavy atom. The largest absolute Gasteiger partial charge is 0.454 e. The van der Waals surface area contributed by atoms with Gasteiger partial charge in [0.15, 0.2) is 5.75 Å². The van der Waals surface area contributed by atoms with Gasteiger partial charge in [-0.05, 0) is 55.8 Å². The third-order valence-electron chi connectivity index (χ3n) is 5.90. The van der Waals surface area contributed by atoms with Crippen molar-refractivity contribution in [3.05, 3.63) is 83.9 Å². The van der Waals surface area contributed by atoms with Crippen molar-refractivity contribution in [2.45, 2.75) is 24.8 Å². The lowest BCUT2D eigenvalue weighted by Gasteiger charge is -2.40. The van der Waals surface area contributed by atoms with Crippen molar-refractivity contribution in [3.63, 3.8) is 0 Å². The van der Waals surface area contributed by atoms with Gasteiger partial charge in [0.2, 0.25) is 10.0 Å². The van der Waals surface area contributed by atoms with Crippen molar-refractivity contribution in [1.29, 1.82) is 0 Å². The number of sulfonamides is 1. The molecule has 2 heterocycles. The van der Waals surface area contributed by atoms with Gasteiger partial charge in [-0.2, -0.15) is 4.31 Å². The van der Waals surface area contributed by atoms with E-state index in [1.165, 1.54) is 0 Å². The lowest BCUT2D eigenvalue weighted by molar-refractivity contribution is 0.206. The average Bonchev–Trinajstić information content (AvgIpc) is 2.95. The van der Waals surface area contributed by atoms with Gasteiger partial charge < -0.3 is 9.64 Å². The first-order chi connectivity index (χ1) is 15.4. The van der Waals surface area contributed by atoms with Crippen LogP contribution < -0.4 is 4.74 Å². The van der Waals surface area contributed by atoms with Gasteiger partial charge in [0.1, 0.15) is 17.3 Å². The third-order valence-corrected chi connectivity index (χ3v) is 7.91. The SMILES string of the molecule is Cc1cccc(S(=O)(=O)N2CCN(C3=Nc4ccccc4Oc4ccccc43)CC2C)c1. The van der Waals surface area contributed by atoms with Gasteiger partial charge in [0.25, 0.3) is 0 Å². The number of para-hydroxylation sites is 3. The molecule has 164 valence electrons.